The first-order valence-electron chi connectivity index (χ1n) is 8.74. The minimum absolute atomic E-state index is 0.208. The maximum Gasteiger partial charge on any atom is 0.189 e. The van der Waals surface area contributed by atoms with Gasteiger partial charge in [0.1, 0.15) is 5.78 Å². The molecule has 0 N–H and O–H groups in total. The van der Waals surface area contributed by atoms with Gasteiger partial charge in [0, 0.05) is 12.8 Å². The molecule has 0 heterocycles. The maximum absolute atomic E-state index is 13.0. The summed E-state index contributed by atoms with van der Waals surface area (Å²) < 4.78 is 30.0. The lowest BCUT2D eigenvalue weighted by Crippen LogP contribution is -2.34. The van der Waals surface area contributed by atoms with E-state index in [1.807, 2.05) is 18.2 Å². The van der Waals surface area contributed by atoms with E-state index in [4.69, 9.17) is 14.2 Å². The monoisotopic (exact) mass is 336 g/mol. The molecule has 0 bridgehead atoms. The Morgan fingerprint density at radius 1 is 1.17 bits per heavy atom. The van der Waals surface area contributed by atoms with Gasteiger partial charge < -0.3 is 14.2 Å². The van der Waals surface area contributed by atoms with Gasteiger partial charge in [-0.05, 0) is 56.2 Å². The summed E-state index contributed by atoms with van der Waals surface area (Å²) in [7, 11) is 1.61. The van der Waals surface area contributed by atoms with Crippen molar-refractivity contribution < 1.29 is 23.4 Å². The van der Waals surface area contributed by atoms with Gasteiger partial charge in [-0.15, -0.1) is 0 Å². The topological polar surface area (TPSA) is 44.8 Å². The SMILES string of the molecule is COc1ccc(C2(OCF)CCC(=O)CC2)cc1OC1CCCC1. The highest BCUT2D eigenvalue weighted by Gasteiger charge is 2.38. The molecule has 0 amide bonds. The summed E-state index contributed by atoms with van der Waals surface area (Å²) in [6, 6.07) is 5.65. The molecule has 4 nitrogen and oxygen atoms in total. The van der Waals surface area contributed by atoms with Crippen molar-refractivity contribution in [2.45, 2.75) is 63.1 Å². The van der Waals surface area contributed by atoms with Crippen LogP contribution in [0.4, 0.5) is 4.39 Å². The molecule has 2 aliphatic rings. The van der Waals surface area contributed by atoms with Crippen molar-refractivity contribution in [2.75, 3.05) is 14.0 Å². The zero-order valence-electron chi connectivity index (χ0n) is 14.2. The molecule has 5 heteroatoms. The van der Waals surface area contributed by atoms with Crippen LogP contribution >= 0.6 is 0 Å². The van der Waals surface area contributed by atoms with E-state index in [2.05, 4.69) is 0 Å². The van der Waals surface area contributed by atoms with E-state index in [0.29, 0.717) is 37.2 Å². The van der Waals surface area contributed by atoms with Crippen LogP contribution in [0, 0.1) is 0 Å². The highest BCUT2D eigenvalue weighted by atomic mass is 19.1. The predicted octanol–water partition coefficient (Wildman–Crippen LogP) is 4.30. The quantitative estimate of drug-likeness (QED) is 0.777. The molecule has 0 aliphatic heterocycles. The van der Waals surface area contributed by atoms with Crippen LogP contribution in [0.2, 0.25) is 0 Å². The van der Waals surface area contributed by atoms with E-state index in [9.17, 15) is 9.18 Å². The number of carbonyl (C=O) groups is 1. The van der Waals surface area contributed by atoms with Gasteiger partial charge in [-0.25, -0.2) is 4.39 Å². The zero-order valence-corrected chi connectivity index (χ0v) is 14.2. The molecule has 2 aliphatic carbocycles. The number of carbonyl (C=O) groups excluding carboxylic acids is 1. The van der Waals surface area contributed by atoms with Gasteiger partial charge in [-0.3, -0.25) is 4.79 Å². The standard InChI is InChI=1S/C19H25FO4/c1-22-17-7-6-14(12-18(17)24-16-4-2-3-5-16)19(23-13-20)10-8-15(21)9-11-19/h6-7,12,16H,2-5,8-11,13H2,1H3. The van der Waals surface area contributed by atoms with Crippen LogP contribution in [0.3, 0.4) is 0 Å². The maximum atomic E-state index is 13.0. The van der Waals surface area contributed by atoms with E-state index >= 15 is 0 Å². The third-order valence-corrected chi connectivity index (χ3v) is 5.23. The molecular weight excluding hydrogens is 311 g/mol. The number of rotatable bonds is 6. The average Bonchev–Trinajstić information content (AvgIpc) is 3.10. The molecule has 1 aromatic rings. The molecule has 0 spiro atoms. The van der Waals surface area contributed by atoms with Gasteiger partial charge in [0.05, 0.1) is 18.8 Å². The zero-order chi connectivity index (χ0) is 17.0. The number of ketones is 1. The lowest BCUT2D eigenvalue weighted by atomic mass is 9.79. The summed E-state index contributed by atoms with van der Waals surface area (Å²) in [4.78, 5) is 11.6. The smallest absolute Gasteiger partial charge is 0.189 e. The lowest BCUT2D eigenvalue weighted by Gasteiger charge is -2.36. The first kappa shape index (κ1) is 17.2. The summed E-state index contributed by atoms with van der Waals surface area (Å²) in [5.41, 5.74) is 0.115. The molecule has 0 aromatic heterocycles. The Hall–Kier alpha value is -1.62. The van der Waals surface area contributed by atoms with Crippen molar-refractivity contribution in [3.05, 3.63) is 23.8 Å². The second-order valence-corrected chi connectivity index (χ2v) is 6.68. The van der Waals surface area contributed by atoms with Crippen LogP contribution in [0.1, 0.15) is 56.9 Å². The van der Waals surface area contributed by atoms with Crippen LogP contribution in [0.5, 0.6) is 11.5 Å². The Balaban J connectivity index is 1.89. The van der Waals surface area contributed by atoms with Crippen LogP contribution in [-0.2, 0) is 15.1 Å². The van der Waals surface area contributed by atoms with Gasteiger partial charge in [0.2, 0.25) is 0 Å². The van der Waals surface area contributed by atoms with Gasteiger partial charge in [-0.2, -0.15) is 0 Å². The van der Waals surface area contributed by atoms with Crippen LogP contribution in [0.25, 0.3) is 0 Å². The first-order valence-corrected chi connectivity index (χ1v) is 8.74. The Morgan fingerprint density at radius 2 is 1.88 bits per heavy atom. The second kappa shape index (κ2) is 7.51. The van der Waals surface area contributed by atoms with Gasteiger partial charge >= 0.3 is 0 Å². The number of methoxy groups -OCH3 is 1. The minimum Gasteiger partial charge on any atom is -0.493 e. The highest BCUT2D eigenvalue weighted by Crippen LogP contribution is 2.43. The third kappa shape index (κ3) is 3.56. The fourth-order valence-electron chi connectivity index (χ4n) is 3.79. The number of halogens is 1. The van der Waals surface area contributed by atoms with Gasteiger partial charge in [0.25, 0.3) is 0 Å². The normalized spacial score (nSPS) is 21.0. The van der Waals surface area contributed by atoms with E-state index < -0.39 is 12.5 Å². The van der Waals surface area contributed by atoms with Crippen LogP contribution < -0.4 is 9.47 Å². The summed E-state index contributed by atoms with van der Waals surface area (Å²) in [6.07, 6.45) is 6.53. The summed E-state index contributed by atoms with van der Waals surface area (Å²) in [5, 5.41) is 0. The van der Waals surface area contributed by atoms with Gasteiger partial charge in [-0.1, -0.05) is 6.07 Å². The highest BCUT2D eigenvalue weighted by molar-refractivity contribution is 5.79. The number of Topliss-reactive ketones (excluding diaryl/α,β-unsaturated/α-hetero) is 1. The molecule has 1 aromatic carbocycles. The molecule has 0 atom stereocenters. The number of ether oxygens (including phenoxy) is 3. The molecule has 132 valence electrons. The molecule has 0 saturated heterocycles. The fourth-order valence-corrected chi connectivity index (χ4v) is 3.79. The number of alkyl halides is 1. The molecule has 3 rings (SSSR count). The predicted molar refractivity (Wildman–Crippen MR) is 88.1 cm³/mol. The second-order valence-electron chi connectivity index (χ2n) is 6.68. The van der Waals surface area contributed by atoms with Crippen molar-refractivity contribution in [3.63, 3.8) is 0 Å². The number of hydrogen-bond acceptors (Lipinski definition) is 4. The molecule has 2 fully saturated rings. The Bertz CT molecular complexity index is 571. The summed E-state index contributed by atoms with van der Waals surface area (Å²) in [5.74, 6) is 1.57. The van der Waals surface area contributed by atoms with Crippen LogP contribution in [0.15, 0.2) is 18.2 Å². The first-order chi connectivity index (χ1) is 11.7. The van der Waals surface area contributed by atoms with E-state index in [-0.39, 0.29) is 11.9 Å². The largest absolute Gasteiger partial charge is 0.493 e. The Morgan fingerprint density at radius 3 is 2.50 bits per heavy atom. The molecular formula is C19H25FO4. The molecule has 0 unspecified atom stereocenters. The van der Waals surface area contributed by atoms with Gasteiger partial charge in [0.15, 0.2) is 18.4 Å². The van der Waals surface area contributed by atoms with Crippen molar-refractivity contribution in [3.8, 4) is 11.5 Å². The van der Waals surface area contributed by atoms with Crippen LogP contribution in [-0.4, -0.2) is 25.9 Å². The molecule has 0 radical (unpaired) electrons. The minimum atomic E-state index is -0.862. The number of benzene rings is 1. The Labute approximate surface area is 142 Å². The molecule has 24 heavy (non-hydrogen) atoms. The van der Waals surface area contributed by atoms with Crippen molar-refractivity contribution in [2.24, 2.45) is 0 Å². The Kier molecular flexibility index (Phi) is 5.39. The summed E-state index contributed by atoms with van der Waals surface area (Å²) in [6.45, 7) is -0.862. The molecule has 2 saturated carbocycles. The number of hydrogen-bond donors (Lipinski definition) is 0. The van der Waals surface area contributed by atoms with E-state index in [1.165, 1.54) is 12.8 Å². The summed E-state index contributed by atoms with van der Waals surface area (Å²) >= 11 is 0. The third-order valence-electron chi connectivity index (χ3n) is 5.23. The van der Waals surface area contributed by atoms with E-state index in [1.54, 1.807) is 7.11 Å². The van der Waals surface area contributed by atoms with Crippen molar-refractivity contribution in [1.82, 2.24) is 0 Å². The van der Waals surface area contributed by atoms with E-state index in [0.717, 1.165) is 18.4 Å². The lowest BCUT2D eigenvalue weighted by molar-refractivity contribution is -0.138. The van der Waals surface area contributed by atoms with Crippen molar-refractivity contribution >= 4 is 5.78 Å². The fraction of sp³-hybridized carbons (Fsp3) is 0.632. The average molecular weight is 336 g/mol. The van der Waals surface area contributed by atoms with Crippen molar-refractivity contribution in [1.29, 1.82) is 0 Å².